The van der Waals surface area contributed by atoms with Gasteiger partial charge in [0, 0.05) is 24.7 Å². The Hall–Kier alpha value is -1.26. The molecule has 2 N–H and O–H groups in total. The molecule has 0 amide bonds. The minimum absolute atomic E-state index is 0.275. The first-order valence-corrected chi connectivity index (χ1v) is 6.83. The Morgan fingerprint density at radius 3 is 2.74 bits per heavy atom. The van der Waals surface area contributed by atoms with E-state index in [2.05, 4.69) is 17.9 Å². The minimum atomic E-state index is 0.275. The van der Waals surface area contributed by atoms with Gasteiger partial charge in [-0.1, -0.05) is 0 Å². The highest BCUT2D eigenvalue weighted by atomic mass is 16.5. The van der Waals surface area contributed by atoms with Gasteiger partial charge in [0.05, 0.1) is 14.2 Å². The van der Waals surface area contributed by atoms with Gasteiger partial charge in [0.25, 0.3) is 0 Å². The van der Waals surface area contributed by atoms with Crippen molar-refractivity contribution in [3.63, 3.8) is 0 Å². The average molecular weight is 264 g/mol. The first-order chi connectivity index (χ1) is 9.13. The largest absolute Gasteiger partial charge is 0.497 e. The smallest absolute Gasteiger partial charge is 0.123 e. The molecule has 1 saturated heterocycles. The van der Waals surface area contributed by atoms with Gasteiger partial charge in [0.2, 0.25) is 0 Å². The van der Waals surface area contributed by atoms with Gasteiger partial charge in [0.15, 0.2) is 0 Å². The summed E-state index contributed by atoms with van der Waals surface area (Å²) in [5.74, 6) is 2.40. The normalized spacial score (nSPS) is 21.4. The van der Waals surface area contributed by atoms with Crippen molar-refractivity contribution in [1.29, 1.82) is 0 Å². The maximum absolute atomic E-state index is 5.98. The van der Waals surface area contributed by atoms with Crippen LogP contribution in [0, 0.1) is 5.92 Å². The Bertz CT molecular complexity index is 421. The summed E-state index contributed by atoms with van der Waals surface area (Å²) in [6, 6.07) is 6.22. The van der Waals surface area contributed by atoms with E-state index in [0.717, 1.165) is 31.1 Å². The molecule has 0 bridgehead atoms. The molecule has 0 spiro atoms. The van der Waals surface area contributed by atoms with Crippen molar-refractivity contribution in [3.05, 3.63) is 23.8 Å². The Balaban J connectivity index is 2.06. The predicted octanol–water partition coefficient (Wildman–Crippen LogP) is 1.87. The van der Waals surface area contributed by atoms with Crippen LogP contribution in [0.25, 0.3) is 0 Å². The highest BCUT2D eigenvalue weighted by Gasteiger charge is 2.25. The summed E-state index contributed by atoms with van der Waals surface area (Å²) in [5.41, 5.74) is 7.16. The third-order valence-corrected chi connectivity index (χ3v) is 3.93. The molecule has 4 heteroatoms. The maximum Gasteiger partial charge on any atom is 0.123 e. The summed E-state index contributed by atoms with van der Waals surface area (Å²) < 4.78 is 10.7. The van der Waals surface area contributed by atoms with Crippen LogP contribution in [0.2, 0.25) is 0 Å². The predicted molar refractivity (Wildman–Crippen MR) is 76.6 cm³/mol. The standard InChI is InChI=1S/C15H24N2O2/c1-11(16)12-6-7-17(9-12)10-13-8-14(18-2)4-5-15(13)19-3/h4-5,8,11-12H,6-7,9-10,16H2,1-3H3. The van der Waals surface area contributed by atoms with Crippen LogP contribution >= 0.6 is 0 Å². The van der Waals surface area contributed by atoms with Gasteiger partial charge in [0.1, 0.15) is 11.5 Å². The SMILES string of the molecule is COc1ccc(OC)c(CN2CCC(C(C)N)C2)c1. The van der Waals surface area contributed by atoms with Crippen molar-refractivity contribution < 1.29 is 9.47 Å². The van der Waals surface area contributed by atoms with Gasteiger partial charge in [-0.05, 0) is 44.0 Å². The van der Waals surface area contributed by atoms with Gasteiger partial charge in [-0.3, -0.25) is 4.90 Å². The van der Waals surface area contributed by atoms with E-state index in [9.17, 15) is 0 Å². The third-order valence-electron chi connectivity index (χ3n) is 3.93. The molecule has 2 rings (SSSR count). The summed E-state index contributed by atoms with van der Waals surface area (Å²) in [5, 5.41) is 0. The highest BCUT2D eigenvalue weighted by molar-refractivity contribution is 5.40. The van der Waals surface area contributed by atoms with E-state index in [1.807, 2.05) is 12.1 Å². The summed E-state index contributed by atoms with van der Waals surface area (Å²) in [4.78, 5) is 2.44. The number of ether oxygens (including phenoxy) is 2. The molecule has 1 aromatic rings. The molecule has 2 atom stereocenters. The van der Waals surface area contributed by atoms with Crippen molar-refractivity contribution in [1.82, 2.24) is 4.90 Å². The molecular formula is C15H24N2O2. The van der Waals surface area contributed by atoms with Crippen LogP contribution in [-0.4, -0.2) is 38.3 Å². The van der Waals surface area contributed by atoms with Crippen LogP contribution in [0.4, 0.5) is 0 Å². The summed E-state index contributed by atoms with van der Waals surface area (Å²) >= 11 is 0. The van der Waals surface area contributed by atoms with Crippen LogP contribution in [-0.2, 0) is 6.54 Å². The lowest BCUT2D eigenvalue weighted by Gasteiger charge is -2.19. The van der Waals surface area contributed by atoms with E-state index < -0.39 is 0 Å². The lowest BCUT2D eigenvalue weighted by Crippen LogP contribution is -2.29. The molecule has 1 aliphatic rings. The Morgan fingerprint density at radius 2 is 2.16 bits per heavy atom. The van der Waals surface area contributed by atoms with Gasteiger partial charge in [-0.25, -0.2) is 0 Å². The zero-order chi connectivity index (χ0) is 13.8. The van der Waals surface area contributed by atoms with Crippen molar-refractivity contribution in [3.8, 4) is 11.5 Å². The molecule has 0 aromatic heterocycles. The fourth-order valence-electron chi connectivity index (χ4n) is 2.68. The third kappa shape index (κ3) is 3.39. The number of nitrogens with zero attached hydrogens (tertiary/aromatic N) is 1. The van der Waals surface area contributed by atoms with E-state index in [-0.39, 0.29) is 6.04 Å². The van der Waals surface area contributed by atoms with E-state index >= 15 is 0 Å². The van der Waals surface area contributed by atoms with Crippen molar-refractivity contribution >= 4 is 0 Å². The van der Waals surface area contributed by atoms with Gasteiger partial charge < -0.3 is 15.2 Å². The topological polar surface area (TPSA) is 47.7 Å². The minimum Gasteiger partial charge on any atom is -0.497 e. The van der Waals surface area contributed by atoms with E-state index in [4.69, 9.17) is 15.2 Å². The molecule has 1 aromatic carbocycles. The molecule has 1 heterocycles. The van der Waals surface area contributed by atoms with Crippen LogP contribution in [0.5, 0.6) is 11.5 Å². The van der Waals surface area contributed by atoms with Crippen LogP contribution in [0.15, 0.2) is 18.2 Å². The number of hydrogen-bond acceptors (Lipinski definition) is 4. The van der Waals surface area contributed by atoms with Crippen molar-refractivity contribution in [2.45, 2.75) is 25.9 Å². The molecule has 106 valence electrons. The zero-order valence-electron chi connectivity index (χ0n) is 12.1. The Morgan fingerprint density at radius 1 is 1.37 bits per heavy atom. The van der Waals surface area contributed by atoms with E-state index in [1.54, 1.807) is 14.2 Å². The van der Waals surface area contributed by atoms with Crippen molar-refractivity contribution in [2.75, 3.05) is 27.3 Å². The second kappa shape index (κ2) is 6.26. The van der Waals surface area contributed by atoms with Crippen molar-refractivity contribution in [2.24, 2.45) is 11.7 Å². The fraction of sp³-hybridized carbons (Fsp3) is 0.600. The number of nitrogens with two attached hydrogens (primary N) is 1. The van der Waals surface area contributed by atoms with Crippen LogP contribution < -0.4 is 15.2 Å². The van der Waals surface area contributed by atoms with E-state index in [0.29, 0.717) is 5.92 Å². The number of hydrogen-bond donors (Lipinski definition) is 1. The maximum atomic E-state index is 5.98. The zero-order valence-corrected chi connectivity index (χ0v) is 12.1. The quantitative estimate of drug-likeness (QED) is 0.882. The highest BCUT2D eigenvalue weighted by Crippen LogP contribution is 2.28. The first-order valence-electron chi connectivity index (χ1n) is 6.83. The summed E-state index contributed by atoms with van der Waals surface area (Å²) in [6.07, 6.45) is 1.18. The molecule has 1 fully saturated rings. The lowest BCUT2D eigenvalue weighted by atomic mass is 10.0. The molecule has 2 unspecified atom stereocenters. The summed E-state index contributed by atoms with van der Waals surface area (Å²) in [6.45, 7) is 5.16. The van der Waals surface area contributed by atoms with Crippen LogP contribution in [0.1, 0.15) is 18.9 Å². The molecule has 4 nitrogen and oxygen atoms in total. The van der Waals surface area contributed by atoms with Gasteiger partial charge in [-0.15, -0.1) is 0 Å². The Labute approximate surface area is 115 Å². The molecular weight excluding hydrogens is 240 g/mol. The Kier molecular flexibility index (Phi) is 4.66. The number of rotatable bonds is 5. The fourth-order valence-corrected chi connectivity index (χ4v) is 2.68. The molecule has 0 radical (unpaired) electrons. The van der Waals surface area contributed by atoms with Gasteiger partial charge >= 0.3 is 0 Å². The molecule has 0 aliphatic carbocycles. The average Bonchev–Trinajstić information content (AvgIpc) is 2.87. The molecule has 0 saturated carbocycles. The second-order valence-electron chi connectivity index (χ2n) is 5.32. The monoisotopic (exact) mass is 264 g/mol. The summed E-state index contributed by atoms with van der Waals surface area (Å²) in [7, 11) is 3.40. The number of benzene rings is 1. The number of likely N-dealkylation sites (tertiary alicyclic amines) is 1. The van der Waals surface area contributed by atoms with Gasteiger partial charge in [-0.2, -0.15) is 0 Å². The lowest BCUT2D eigenvalue weighted by molar-refractivity contribution is 0.300. The number of methoxy groups -OCH3 is 2. The molecule has 19 heavy (non-hydrogen) atoms. The first kappa shape index (κ1) is 14.2. The van der Waals surface area contributed by atoms with Crippen LogP contribution in [0.3, 0.4) is 0 Å². The molecule has 1 aliphatic heterocycles. The van der Waals surface area contributed by atoms with E-state index in [1.165, 1.54) is 12.0 Å². The second-order valence-corrected chi connectivity index (χ2v) is 5.32.